The second-order valence-corrected chi connectivity index (χ2v) is 8.30. The molecule has 0 saturated carbocycles. The van der Waals surface area contributed by atoms with Crippen molar-refractivity contribution in [1.29, 1.82) is 0 Å². The summed E-state index contributed by atoms with van der Waals surface area (Å²) < 4.78 is 25.6. The number of nitrogens with one attached hydrogen (secondary N) is 1. The molecule has 1 heterocycles. The third kappa shape index (κ3) is 3.84. The molecule has 0 radical (unpaired) electrons. The number of amides is 1. The maximum Gasteiger partial charge on any atom is 0.495 e. The number of rotatable bonds is 4. The van der Waals surface area contributed by atoms with E-state index in [0.29, 0.717) is 16.8 Å². The molecule has 0 spiro atoms. The highest BCUT2D eigenvalue weighted by Crippen LogP contribution is 2.37. The van der Waals surface area contributed by atoms with Crippen LogP contribution in [-0.2, 0) is 9.31 Å². The largest absolute Gasteiger partial charge is 0.495 e. The molecular weight excluding hydrogens is 356 g/mol. The Hall–Kier alpha value is -2.18. The Morgan fingerprint density at radius 3 is 2.14 bits per heavy atom. The third-order valence-corrected chi connectivity index (χ3v) is 5.76. The SMILES string of the molecule is Cc1c(NC(=O)c2ccc(C(C)F)cc2)cccc1B1OC(C)(C)C(C)(C)O1. The number of halogens is 1. The van der Waals surface area contributed by atoms with Crippen molar-refractivity contribution in [3.63, 3.8) is 0 Å². The number of anilines is 1. The smallest absolute Gasteiger partial charge is 0.399 e. The van der Waals surface area contributed by atoms with E-state index in [-0.39, 0.29) is 5.91 Å². The normalized spacial score (nSPS) is 18.8. The lowest BCUT2D eigenvalue weighted by Crippen LogP contribution is -2.41. The summed E-state index contributed by atoms with van der Waals surface area (Å²) >= 11 is 0. The average molecular weight is 383 g/mol. The summed E-state index contributed by atoms with van der Waals surface area (Å²) in [6.45, 7) is 11.4. The molecule has 1 unspecified atom stereocenters. The van der Waals surface area contributed by atoms with Crippen molar-refractivity contribution in [3.8, 4) is 0 Å². The molecule has 4 nitrogen and oxygen atoms in total. The Labute approximate surface area is 166 Å². The molecule has 0 aromatic heterocycles. The summed E-state index contributed by atoms with van der Waals surface area (Å²) in [5.41, 5.74) is 2.64. The number of benzene rings is 2. The van der Waals surface area contributed by atoms with Crippen molar-refractivity contribution in [2.45, 2.75) is 58.9 Å². The number of carbonyl (C=O) groups is 1. The average Bonchev–Trinajstić information content (AvgIpc) is 2.84. The zero-order valence-electron chi connectivity index (χ0n) is 17.3. The van der Waals surface area contributed by atoms with Crippen molar-refractivity contribution in [2.24, 2.45) is 0 Å². The Morgan fingerprint density at radius 2 is 1.61 bits per heavy atom. The minimum absolute atomic E-state index is 0.243. The molecule has 2 aromatic rings. The van der Waals surface area contributed by atoms with E-state index in [1.54, 1.807) is 24.3 Å². The standard InChI is InChI=1S/C22H27BFNO3/c1-14-18(23-27-21(3,4)22(5,6)28-23)8-7-9-19(14)25-20(26)17-12-10-16(11-13-17)15(2)24/h7-13,15H,1-6H3,(H,25,26). The van der Waals surface area contributed by atoms with Crippen molar-refractivity contribution in [2.75, 3.05) is 5.32 Å². The molecule has 1 aliphatic rings. The molecule has 3 rings (SSSR count). The lowest BCUT2D eigenvalue weighted by atomic mass is 9.76. The summed E-state index contributed by atoms with van der Waals surface area (Å²) in [4.78, 5) is 12.6. The van der Waals surface area contributed by atoms with Crippen molar-refractivity contribution in [1.82, 2.24) is 0 Å². The first kappa shape index (κ1) is 20.6. The van der Waals surface area contributed by atoms with Crippen molar-refractivity contribution in [3.05, 3.63) is 59.2 Å². The van der Waals surface area contributed by atoms with Crippen LogP contribution in [0.1, 0.15) is 62.3 Å². The van der Waals surface area contributed by atoms with Gasteiger partial charge in [-0.15, -0.1) is 0 Å². The zero-order valence-corrected chi connectivity index (χ0v) is 17.3. The molecule has 0 aliphatic carbocycles. The van der Waals surface area contributed by atoms with E-state index in [9.17, 15) is 9.18 Å². The van der Waals surface area contributed by atoms with E-state index >= 15 is 0 Å². The highest BCUT2D eigenvalue weighted by Gasteiger charge is 2.52. The molecule has 2 aromatic carbocycles. The van der Waals surface area contributed by atoms with Gasteiger partial charge in [0.1, 0.15) is 6.17 Å². The summed E-state index contributed by atoms with van der Waals surface area (Å²) in [5.74, 6) is -0.243. The minimum Gasteiger partial charge on any atom is -0.399 e. The molecular formula is C22H27BFNO3. The van der Waals surface area contributed by atoms with Gasteiger partial charge >= 0.3 is 7.12 Å². The topological polar surface area (TPSA) is 47.6 Å². The second kappa shape index (κ2) is 7.34. The second-order valence-electron chi connectivity index (χ2n) is 8.30. The number of carbonyl (C=O) groups excluding carboxylic acids is 1. The van der Waals surface area contributed by atoms with Crippen LogP contribution in [0.2, 0.25) is 0 Å². The highest BCUT2D eigenvalue weighted by atomic mass is 19.1. The first-order chi connectivity index (χ1) is 13.0. The fourth-order valence-electron chi connectivity index (χ4n) is 3.11. The Kier molecular flexibility index (Phi) is 5.39. The van der Waals surface area contributed by atoms with E-state index in [1.807, 2.05) is 52.8 Å². The van der Waals surface area contributed by atoms with Crippen LogP contribution >= 0.6 is 0 Å². The number of hydrogen-bond acceptors (Lipinski definition) is 3. The van der Waals surface area contributed by atoms with Crippen LogP contribution in [0, 0.1) is 6.92 Å². The van der Waals surface area contributed by atoms with Gasteiger partial charge in [-0.3, -0.25) is 4.79 Å². The van der Waals surface area contributed by atoms with E-state index in [2.05, 4.69) is 5.32 Å². The first-order valence-electron chi connectivity index (χ1n) is 9.52. The van der Waals surface area contributed by atoms with Gasteiger partial charge < -0.3 is 14.6 Å². The van der Waals surface area contributed by atoms with Gasteiger partial charge in [0.25, 0.3) is 5.91 Å². The predicted octanol–water partition coefficient (Wildman–Crippen LogP) is 4.58. The number of hydrogen-bond donors (Lipinski definition) is 1. The van der Waals surface area contributed by atoms with Gasteiger partial charge in [0, 0.05) is 11.3 Å². The van der Waals surface area contributed by atoms with E-state index < -0.39 is 24.5 Å². The summed E-state index contributed by atoms with van der Waals surface area (Å²) in [6.07, 6.45) is -1.06. The Bertz CT molecular complexity index is 862. The highest BCUT2D eigenvalue weighted by molar-refractivity contribution is 6.62. The van der Waals surface area contributed by atoms with Crippen LogP contribution < -0.4 is 10.8 Å². The monoisotopic (exact) mass is 383 g/mol. The van der Waals surface area contributed by atoms with E-state index in [0.717, 1.165) is 11.0 Å². The lowest BCUT2D eigenvalue weighted by molar-refractivity contribution is 0.00578. The molecule has 1 amide bonds. The van der Waals surface area contributed by atoms with Crippen molar-refractivity contribution >= 4 is 24.2 Å². The molecule has 28 heavy (non-hydrogen) atoms. The maximum atomic E-state index is 13.3. The van der Waals surface area contributed by atoms with Gasteiger partial charge in [0.15, 0.2) is 0 Å². The fraction of sp³-hybridized carbons (Fsp3) is 0.409. The molecule has 1 saturated heterocycles. The van der Waals surface area contributed by atoms with Crippen LogP contribution in [-0.4, -0.2) is 24.2 Å². The van der Waals surface area contributed by atoms with Crippen molar-refractivity contribution < 1.29 is 18.5 Å². The quantitative estimate of drug-likeness (QED) is 0.787. The van der Waals surface area contributed by atoms with Gasteiger partial charge in [-0.25, -0.2) is 4.39 Å². The molecule has 0 bridgehead atoms. The summed E-state index contributed by atoms with van der Waals surface area (Å²) in [6, 6.07) is 12.2. The van der Waals surface area contributed by atoms with Crippen LogP contribution in [0.25, 0.3) is 0 Å². The van der Waals surface area contributed by atoms with Crippen LogP contribution in [0.3, 0.4) is 0 Å². The molecule has 148 valence electrons. The molecule has 1 N–H and O–H groups in total. The van der Waals surface area contributed by atoms with Crippen LogP contribution in [0.4, 0.5) is 10.1 Å². The minimum atomic E-state index is -1.06. The van der Waals surface area contributed by atoms with Crippen LogP contribution in [0.15, 0.2) is 42.5 Å². The predicted molar refractivity (Wildman–Crippen MR) is 111 cm³/mol. The summed E-state index contributed by atoms with van der Waals surface area (Å²) in [7, 11) is -0.493. The van der Waals surface area contributed by atoms with Gasteiger partial charge in [0.2, 0.25) is 0 Å². The summed E-state index contributed by atoms with van der Waals surface area (Å²) in [5, 5.41) is 2.94. The third-order valence-electron chi connectivity index (χ3n) is 5.76. The first-order valence-corrected chi connectivity index (χ1v) is 9.52. The molecule has 1 aliphatic heterocycles. The van der Waals surface area contributed by atoms with Gasteiger partial charge in [-0.1, -0.05) is 24.3 Å². The zero-order chi connectivity index (χ0) is 20.7. The van der Waals surface area contributed by atoms with E-state index in [4.69, 9.17) is 9.31 Å². The fourth-order valence-corrected chi connectivity index (χ4v) is 3.11. The molecule has 1 fully saturated rings. The molecule has 1 atom stereocenters. The van der Waals surface area contributed by atoms with Gasteiger partial charge in [-0.05, 0) is 76.3 Å². The molecule has 6 heteroatoms. The van der Waals surface area contributed by atoms with Gasteiger partial charge in [0.05, 0.1) is 11.2 Å². The van der Waals surface area contributed by atoms with Gasteiger partial charge in [-0.2, -0.15) is 0 Å². The van der Waals surface area contributed by atoms with E-state index in [1.165, 1.54) is 6.92 Å². The maximum absolute atomic E-state index is 13.3. The lowest BCUT2D eigenvalue weighted by Gasteiger charge is -2.32. The Balaban J connectivity index is 1.81. The van der Waals surface area contributed by atoms with Crippen LogP contribution in [0.5, 0.6) is 0 Å². The number of alkyl halides is 1. The Morgan fingerprint density at radius 1 is 1.04 bits per heavy atom.